The second kappa shape index (κ2) is 5.40. The SMILES string of the molecule is Cc1ccc2c(Nc3cccc4ccccc34)ccnc2c1C. The van der Waals surface area contributed by atoms with E-state index in [0.29, 0.717) is 0 Å². The fourth-order valence-corrected chi connectivity index (χ4v) is 3.05. The molecule has 0 amide bonds. The third-order valence-corrected chi connectivity index (χ3v) is 4.50. The van der Waals surface area contributed by atoms with Gasteiger partial charge in [0.05, 0.1) is 5.52 Å². The molecule has 0 fully saturated rings. The first-order chi connectivity index (χ1) is 11.2. The van der Waals surface area contributed by atoms with Crippen LogP contribution in [-0.2, 0) is 0 Å². The van der Waals surface area contributed by atoms with Gasteiger partial charge in [0.1, 0.15) is 0 Å². The quantitative estimate of drug-likeness (QED) is 0.510. The Balaban J connectivity index is 1.89. The summed E-state index contributed by atoms with van der Waals surface area (Å²) in [7, 11) is 0. The van der Waals surface area contributed by atoms with Crippen molar-refractivity contribution in [1.29, 1.82) is 0 Å². The minimum absolute atomic E-state index is 1.07. The van der Waals surface area contributed by atoms with Crippen LogP contribution in [0.2, 0.25) is 0 Å². The number of fused-ring (bicyclic) bond motifs is 2. The predicted molar refractivity (Wildman–Crippen MR) is 98.4 cm³/mol. The van der Waals surface area contributed by atoms with E-state index in [1.54, 1.807) is 0 Å². The summed E-state index contributed by atoms with van der Waals surface area (Å²) < 4.78 is 0. The Bertz CT molecular complexity index is 1010. The van der Waals surface area contributed by atoms with E-state index in [9.17, 15) is 0 Å². The first kappa shape index (κ1) is 13.8. The molecule has 2 heteroatoms. The molecule has 0 radical (unpaired) electrons. The summed E-state index contributed by atoms with van der Waals surface area (Å²) in [5, 5.41) is 7.22. The van der Waals surface area contributed by atoms with Crippen LogP contribution in [-0.4, -0.2) is 4.98 Å². The highest BCUT2D eigenvalue weighted by molar-refractivity contribution is 6.00. The number of rotatable bonds is 2. The van der Waals surface area contributed by atoms with Gasteiger partial charge in [-0.2, -0.15) is 0 Å². The zero-order chi connectivity index (χ0) is 15.8. The number of nitrogens with zero attached hydrogens (tertiary/aromatic N) is 1. The largest absolute Gasteiger partial charge is 0.354 e. The highest BCUT2D eigenvalue weighted by Crippen LogP contribution is 2.31. The van der Waals surface area contributed by atoms with Crippen LogP contribution in [0.5, 0.6) is 0 Å². The third-order valence-electron chi connectivity index (χ3n) is 4.50. The number of hydrogen-bond acceptors (Lipinski definition) is 2. The molecule has 0 saturated carbocycles. The molecule has 2 nitrogen and oxygen atoms in total. The average molecular weight is 298 g/mol. The maximum atomic E-state index is 4.57. The van der Waals surface area contributed by atoms with E-state index in [1.807, 2.05) is 12.3 Å². The predicted octanol–water partition coefficient (Wildman–Crippen LogP) is 5.75. The van der Waals surface area contributed by atoms with Gasteiger partial charge in [-0.05, 0) is 42.5 Å². The molecule has 1 aromatic heterocycles. The van der Waals surface area contributed by atoms with Gasteiger partial charge in [0.25, 0.3) is 0 Å². The lowest BCUT2D eigenvalue weighted by atomic mass is 10.0. The summed E-state index contributed by atoms with van der Waals surface area (Å²) >= 11 is 0. The molecular weight excluding hydrogens is 280 g/mol. The van der Waals surface area contributed by atoms with Crippen LogP contribution in [0, 0.1) is 13.8 Å². The van der Waals surface area contributed by atoms with Crippen LogP contribution in [0.1, 0.15) is 11.1 Å². The fourth-order valence-electron chi connectivity index (χ4n) is 3.05. The molecule has 23 heavy (non-hydrogen) atoms. The highest BCUT2D eigenvalue weighted by Gasteiger charge is 2.07. The lowest BCUT2D eigenvalue weighted by molar-refractivity contribution is 1.31. The molecule has 0 bridgehead atoms. The van der Waals surface area contributed by atoms with Gasteiger partial charge in [-0.25, -0.2) is 0 Å². The minimum atomic E-state index is 1.07. The summed E-state index contributed by atoms with van der Waals surface area (Å²) in [6.07, 6.45) is 1.88. The number of aryl methyl sites for hydroxylation is 2. The number of hydrogen-bond donors (Lipinski definition) is 1. The highest BCUT2D eigenvalue weighted by atomic mass is 14.9. The summed E-state index contributed by atoms with van der Waals surface area (Å²) in [6.45, 7) is 4.26. The van der Waals surface area contributed by atoms with E-state index in [4.69, 9.17) is 0 Å². The zero-order valence-electron chi connectivity index (χ0n) is 13.3. The molecule has 4 aromatic rings. The van der Waals surface area contributed by atoms with Gasteiger partial charge in [0.2, 0.25) is 0 Å². The van der Waals surface area contributed by atoms with Crippen molar-refractivity contribution in [1.82, 2.24) is 4.98 Å². The van der Waals surface area contributed by atoms with Crippen LogP contribution in [0.3, 0.4) is 0 Å². The number of nitrogens with one attached hydrogen (secondary N) is 1. The standard InChI is InChI=1S/C21H18N2/c1-14-10-11-18-20(12-13-22-21(18)15(14)2)23-19-9-5-7-16-6-3-4-8-17(16)19/h3-13H,1-2H3,(H,22,23). The lowest BCUT2D eigenvalue weighted by Crippen LogP contribution is -1.95. The molecule has 1 heterocycles. The summed E-state index contributed by atoms with van der Waals surface area (Å²) in [4.78, 5) is 4.57. The molecule has 0 spiro atoms. The first-order valence-electron chi connectivity index (χ1n) is 7.84. The molecule has 0 atom stereocenters. The van der Waals surface area contributed by atoms with Gasteiger partial charge < -0.3 is 5.32 Å². The van der Waals surface area contributed by atoms with Crippen molar-refractivity contribution in [2.45, 2.75) is 13.8 Å². The Morgan fingerprint density at radius 1 is 0.739 bits per heavy atom. The van der Waals surface area contributed by atoms with Gasteiger partial charge in [0, 0.05) is 28.3 Å². The molecule has 1 N–H and O–H groups in total. The second-order valence-corrected chi connectivity index (χ2v) is 5.91. The topological polar surface area (TPSA) is 24.9 Å². The smallest absolute Gasteiger partial charge is 0.0754 e. The van der Waals surface area contributed by atoms with E-state index >= 15 is 0 Å². The number of aromatic nitrogens is 1. The van der Waals surface area contributed by atoms with Crippen LogP contribution < -0.4 is 5.32 Å². The summed E-state index contributed by atoms with van der Waals surface area (Å²) in [6, 6.07) is 21.1. The molecule has 0 unspecified atom stereocenters. The van der Waals surface area contributed by atoms with Gasteiger partial charge in [-0.1, -0.05) is 48.5 Å². The first-order valence-corrected chi connectivity index (χ1v) is 7.84. The minimum Gasteiger partial charge on any atom is -0.354 e. The van der Waals surface area contributed by atoms with Crippen molar-refractivity contribution in [3.63, 3.8) is 0 Å². The van der Waals surface area contributed by atoms with E-state index in [-0.39, 0.29) is 0 Å². The number of pyridine rings is 1. The molecule has 3 aromatic carbocycles. The van der Waals surface area contributed by atoms with Crippen molar-refractivity contribution in [3.05, 3.63) is 78.0 Å². The number of benzene rings is 3. The van der Waals surface area contributed by atoms with Gasteiger partial charge in [0.15, 0.2) is 0 Å². The Labute approximate surface area is 135 Å². The third kappa shape index (κ3) is 2.33. The van der Waals surface area contributed by atoms with Gasteiger partial charge in [-0.15, -0.1) is 0 Å². The Hall–Kier alpha value is -2.87. The van der Waals surface area contributed by atoms with Crippen molar-refractivity contribution in [2.75, 3.05) is 5.32 Å². The maximum Gasteiger partial charge on any atom is 0.0754 e. The molecule has 4 rings (SSSR count). The Kier molecular flexibility index (Phi) is 3.23. The molecule has 0 aliphatic carbocycles. The Morgan fingerprint density at radius 2 is 1.52 bits per heavy atom. The van der Waals surface area contributed by atoms with Crippen molar-refractivity contribution in [2.24, 2.45) is 0 Å². The summed E-state index contributed by atoms with van der Waals surface area (Å²) in [5.41, 5.74) is 5.79. The van der Waals surface area contributed by atoms with Crippen molar-refractivity contribution >= 4 is 33.1 Å². The molecule has 112 valence electrons. The maximum absolute atomic E-state index is 4.57. The van der Waals surface area contributed by atoms with E-state index in [1.165, 1.54) is 21.9 Å². The molecule has 0 saturated heterocycles. The lowest BCUT2D eigenvalue weighted by Gasteiger charge is -2.13. The van der Waals surface area contributed by atoms with E-state index in [2.05, 4.69) is 78.7 Å². The monoisotopic (exact) mass is 298 g/mol. The van der Waals surface area contributed by atoms with Crippen LogP contribution in [0.15, 0.2) is 66.9 Å². The fraction of sp³-hybridized carbons (Fsp3) is 0.0952. The van der Waals surface area contributed by atoms with Crippen LogP contribution >= 0.6 is 0 Å². The molecule has 0 aliphatic rings. The second-order valence-electron chi connectivity index (χ2n) is 5.91. The molecular formula is C21H18N2. The molecule has 0 aliphatic heterocycles. The average Bonchev–Trinajstić information content (AvgIpc) is 2.59. The van der Waals surface area contributed by atoms with Gasteiger partial charge in [-0.3, -0.25) is 4.98 Å². The van der Waals surface area contributed by atoms with Gasteiger partial charge >= 0.3 is 0 Å². The normalized spacial score (nSPS) is 11.0. The van der Waals surface area contributed by atoms with Crippen LogP contribution in [0.4, 0.5) is 11.4 Å². The Morgan fingerprint density at radius 3 is 2.43 bits per heavy atom. The van der Waals surface area contributed by atoms with E-state index < -0.39 is 0 Å². The summed E-state index contributed by atoms with van der Waals surface area (Å²) in [5.74, 6) is 0. The van der Waals surface area contributed by atoms with Crippen LogP contribution in [0.25, 0.3) is 21.7 Å². The van der Waals surface area contributed by atoms with Crippen molar-refractivity contribution < 1.29 is 0 Å². The number of anilines is 2. The van der Waals surface area contributed by atoms with Crippen molar-refractivity contribution in [3.8, 4) is 0 Å². The zero-order valence-corrected chi connectivity index (χ0v) is 13.3. The van der Waals surface area contributed by atoms with E-state index in [0.717, 1.165) is 22.3 Å².